The van der Waals surface area contributed by atoms with Gasteiger partial charge in [0.05, 0.1) is 11.3 Å². The molecule has 0 aliphatic rings. The van der Waals surface area contributed by atoms with Crippen LogP contribution in [0.1, 0.15) is 55.6 Å². The summed E-state index contributed by atoms with van der Waals surface area (Å²) < 4.78 is 1.73. The summed E-state index contributed by atoms with van der Waals surface area (Å²) in [7, 11) is 1.86. The molecule has 1 rings (SSSR count). The van der Waals surface area contributed by atoms with Gasteiger partial charge in [0.25, 0.3) is 0 Å². The van der Waals surface area contributed by atoms with Crippen molar-refractivity contribution in [1.29, 1.82) is 0 Å². The van der Waals surface area contributed by atoms with E-state index in [4.69, 9.17) is 0 Å². The van der Waals surface area contributed by atoms with E-state index in [-0.39, 0.29) is 5.78 Å². The Morgan fingerprint density at radius 2 is 2.13 bits per heavy atom. The molecule has 0 radical (unpaired) electrons. The van der Waals surface area contributed by atoms with E-state index in [1.54, 1.807) is 4.68 Å². The smallest absolute Gasteiger partial charge is 0.166 e. The van der Waals surface area contributed by atoms with Gasteiger partial charge in [-0.05, 0) is 12.8 Å². The predicted molar refractivity (Wildman–Crippen MR) is 61.1 cm³/mol. The van der Waals surface area contributed by atoms with Crippen molar-refractivity contribution in [2.45, 2.75) is 46.0 Å². The Morgan fingerprint density at radius 3 is 2.73 bits per heavy atom. The van der Waals surface area contributed by atoms with Crippen LogP contribution in [-0.2, 0) is 13.5 Å². The highest BCUT2D eigenvalue weighted by atomic mass is 16.1. The predicted octanol–water partition coefficient (Wildman–Crippen LogP) is 2.75. The number of hydrogen-bond donors (Lipinski definition) is 0. The molecule has 0 atom stereocenters. The molecule has 0 aliphatic carbocycles. The van der Waals surface area contributed by atoms with Crippen molar-refractivity contribution in [2.24, 2.45) is 7.05 Å². The van der Waals surface area contributed by atoms with Crippen LogP contribution >= 0.6 is 0 Å². The number of Topliss-reactive ketones (excluding diaryl/α,β-unsaturated/α-hetero) is 1. The number of hydrogen-bond acceptors (Lipinski definition) is 2. The molecule has 84 valence electrons. The van der Waals surface area contributed by atoms with Crippen molar-refractivity contribution in [1.82, 2.24) is 9.78 Å². The first-order valence-electron chi connectivity index (χ1n) is 5.74. The first kappa shape index (κ1) is 12.0. The number of unbranched alkanes of at least 4 members (excludes halogenated alkanes) is 2. The molecule has 0 unspecified atom stereocenters. The summed E-state index contributed by atoms with van der Waals surface area (Å²) in [6.07, 6.45) is 6.61. The summed E-state index contributed by atoms with van der Waals surface area (Å²) >= 11 is 0. The summed E-state index contributed by atoms with van der Waals surface area (Å²) in [4.78, 5) is 11.9. The normalized spacial score (nSPS) is 10.6. The molecule has 1 heterocycles. The van der Waals surface area contributed by atoms with Crippen LogP contribution in [0.4, 0.5) is 0 Å². The lowest BCUT2D eigenvalue weighted by Crippen LogP contribution is -2.01. The molecule has 0 aromatic carbocycles. The van der Waals surface area contributed by atoms with E-state index < -0.39 is 0 Å². The Bertz CT molecular complexity index is 328. The average Bonchev–Trinajstić information content (AvgIpc) is 2.60. The third-order valence-electron chi connectivity index (χ3n) is 2.55. The van der Waals surface area contributed by atoms with Crippen molar-refractivity contribution in [2.75, 3.05) is 0 Å². The number of carbonyl (C=O) groups excluding carboxylic acids is 1. The van der Waals surface area contributed by atoms with Crippen molar-refractivity contribution in [3.8, 4) is 0 Å². The van der Waals surface area contributed by atoms with Crippen molar-refractivity contribution >= 4 is 5.78 Å². The number of aryl methyl sites for hydroxylation is 2. The maximum absolute atomic E-state index is 11.9. The van der Waals surface area contributed by atoms with Gasteiger partial charge in [0.15, 0.2) is 5.78 Å². The van der Waals surface area contributed by atoms with E-state index in [9.17, 15) is 4.79 Å². The Kier molecular flexibility index (Phi) is 4.53. The molecule has 0 saturated carbocycles. The first-order valence-corrected chi connectivity index (χ1v) is 5.74. The summed E-state index contributed by atoms with van der Waals surface area (Å²) in [5.74, 6) is 0.244. The van der Waals surface area contributed by atoms with Crippen LogP contribution in [0.5, 0.6) is 0 Å². The number of nitrogens with zero attached hydrogens (tertiary/aromatic N) is 2. The number of rotatable bonds is 6. The second kappa shape index (κ2) is 5.69. The van der Waals surface area contributed by atoms with Gasteiger partial charge in [0.2, 0.25) is 0 Å². The van der Waals surface area contributed by atoms with Gasteiger partial charge in [-0.2, -0.15) is 5.10 Å². The second-order valence-electron chi connectivity index (χ2n) is 3.90. The first-order chi connectivity index (χ1) is 7.19. The van der Waals surface area contributed by atoms with E-state index >= 15 is 0 Å². The molecule has 0 bridgehead atoms. The third kappa shape index (κ3) is 3.18. The molecule has 1 aromatic heterocycles. The van der Waals surface area contributed by atoms with Crippen LogP contribution < -0.4 is 0 Å². The minimum absolute atomic E-state index is 0.244. The molecule has 0 saturated heterocycles. The molecule has 0 amide bonds. The lowest BCUT2D eigenvalue weighted by atomic mass is 10.0. The van der Waals surface area contributed by atoms with Crippen LogP contribution in [0.3, 0.4) is 0 Å². The topological polar surface area (TPSA) is 34.9 Å². The summed E-state index contributed by atoms with van der Waals surface area (Å²) in [6, 6.07) is 0. The Balaban J connectivity index is 2.64. The highest BCUT2D eigenvalue weighted by Crippen LogP contribution is 2.12. The van der Waals surface area contributed by atoms with Crippen molar-refractivity contribution in [3.05, 3.63) is 17.5 Å². The average molecular weight is 208 g/mol. The zero-order valence-corrected chi connectivity index (χ0v) is 9.92. The molecule has 15 heavy (non-hydrogen) atoms. The molecule has 0 aliphatic heterocycles. The maximum Gasteiger partial charge on any atom is 0.166 e. The van der Waals surface area contributed by atoms with E-state index in [1.807, 2.05) is 20.2 Å². The zero-order chi connectivity index (χ0) is 11.3. The van der Waals surface area contributed by atoms with Gasteiger partial charge in [-0.3, -0.25) is 9.48 Å². The molecule has 3 heteroatoms. The van der Waals surface area contributed by atoms with Crippen LogP contribution in [0.25, 0.3) is 0 Å². The zero-order valence-electron chi connectivity index (χ0n) is 9.92. The second-order valence-corrected chi connectivity index (χ2v) is 3.90. The highest BCUT2D eigenvalue weighted by Gasteiger charge is 2.13. The van der Waals surface area contributed by atoms with Crippen LogP contribution in [0.2, 0.25) is 0 Å². The highest BCUT2D eigenvalue weighted by molar-refractivity contribution is 5.96. The van der Waals surface area contributed by atoms with Crippen molar-refractivity contribution in [3.63, 3.8) is 0 Å². The van der Waals surface area contributed by atoms with Gasteiger partial charge >= 0.3 is 0 Å². The molecule has 1 aromatic rings. The van der Waals surface area contributed by atoms with E-state index in [0.29, 0.717) is 6.42 Å². The fourth-order valence-corrected chi connectivity index (χ4v) is 1.70. The van der Waals surface area contributed by atoms with Crippen LogP contribution in [0.15, 0.2) is 6.20 Å². The Morgan fingerprint density at radius 1 is 1.40 bits per heavy atom. The third-order valence-corrected chi connectivity index (χ3v) is 2.55. The van der Waals surface area contributed by atoms with E-state index in [0.717, 1.165) is 36.9 Å². The lowest BCUT2D eigenvalue weighted by Gasteiger charge is -1.99. The van der Waals surface area contributed by atoms with Crippen molar-refractivity contribution < 1.29 is 4.79 Å². The summed E-state index contributed by atoms with van der Waals surface area (Å²) in [5.41, 5.74) is 1.75. The molecular formula is C12H20N2O. The van der Waals surface area contributed by atoms with Crippen LogP contribution in [0, 0.1) is 0 Å². The minimum Gasteiger partial charge on any atom is -0.294 e. The number of aromatic nitrogens is 2. The van der Waals surface area contributed by atoms with E-state index in [2.05, 4.69) is 12.0 Å². The molecule has 0 N–H and O–H groups in total. The number of carbonyl (C=O) groups is 1. The SMILES string of the molecule is CCCCCC(=O)c1cn(C)nc1CC. The molecule has 0 spiro atoms. The standard InChI is InChI=1S/C12H20N2O/c1-4-6-7-8-12(15)10-9-14(3)13-11(10)5-2/h9H,4-8H2,1-3H3. The molecule has 3 nitrogen and oxygen atoms in total. The fourth-order valence-electron chi connectivity index (χ4n) is 1.70. The van der Waals surface area contributed by atoms with Gasteiger partial charge < -0.3 is 0 Å². The Hall–Kier alpha value is -1.12. The van der Waals surface area contributed by atoms with Gasteiger partial charge in [0.1, 0.15) is 0 Å². The lowest BCUT2D eigenvalue weighted by molar-refractivity contribution is 0.0978. The minimum atomic E-state index is 0.244. The molecule has 0 fully saturated rings. The van der Waals surface area contributed by atoms with E-state index in [1.165, 1.54) is 0 Å². The monoisotopic (exact) mass is 208 g/mol. The van der Waals surface area contributed by atoms with Crippen LogP contribution in [-0.4, -0.2) is 15.6 Å². The summed E-state index contributed by atoms with van der Waals surface area (Å²) in [6.45, 7) is 4.18. The fraction of sp³-hybridized carbons (Fsp3) is 0.667. The maximum atomic E-state index is 11.9. The number of ketones is 1. The largest absolute Gasteiger partial charge is 0.294 e. The van der Waals surface area contributed by atoms with Gasteiger partial charge in [-0.15, -0.1) is 0 Å². The Labute approximate surface area is 91.5 Å². The van der Waals surface area contributed by atoms with Gasteiger partial charge in [0, 0.05) is 19.7 Å². The summed E-state index contributed by atoms with van der Waals surface area (Å²) in [5, 5.41) is 4.27. The molecular weight excluding hydrogens is 188 g/mol. The quantitative estimate of drug-likeness (QED) is 0.532. The van der Waals surface area contributed by atoms with Gasteiger partial charge in [-0.25, -0.2) is 0 Å². The van der Waals surface area contributed by atoms with Gasteiger partial charge in [-0.1, -0.05) is 26.7 Å².